The van der Waals surface area contributed by atoms with Crippen LogP contribution in [-0.2, 0) is 11.2 Å². The third kappa shape index (κ3) is 3.54. The summed E-state index contributed by atoms with van der Waals surface area (Å²) in [6.45, 7) is 1.44. The van der Waals surface area contributed by atoms with Crippen LogP contribution in [0, 0.1) is 23.2 Å². The lowest BCUT2D eigenvalue weighted by atomic mass is 9.63. The summed E-state index contributed by atoms with van der Waals surface area (Å²) >= 11 is 0. The molecule has 1 saturated heterocycles. The molecule has 1 aliphatic heterocycles. The molecule has 3 nitrogen and oxygen atoms in total. The third-order valence-corrected chi connectivity index (χ3v) is 6.21. The molecule has 3 rings (SSSR count). The Morgan fingerprint density at radius 3 is 2.52 bits per heavy atom. The van der Waals surface area contributed by atoms with Gasteiger partial charge in [-0.2, -0.15) is 13.2 Å². The Morgan fingerprint density at radius 1 is 1.16 bits per heavy atom. The normalized spacial score (nSPS) is 28.5. The van der Waals surface area contributed by atoms with Crippen molar-refractivity contribution in [1.29, 1.82) is 0 Å². The van der Waals surface area contributed by atoms with Gasteiger partial charge in [-0.25, -0.2) is 0 Å². The molecule has 1 aromatic carbocycles. The zero-order chi connectivity index (χ0) is 18.1. The summed E-state index contributed by atoms with van der Waals surface area (Å²) in [6.07, 6.45) is -3.52. The largest absolute Gasteiger partial charge is 0.395 e. The average Bonchev–Trinajstić information content (AvgIpc) is 3.14. The SMILES string of the molecule is NC(=O)CCC(Cc1ccccc1)(C1CCC2CNCC21)C(F)(F)F. The van der Waals surface area contributed by atoms with E-state index in [9.17, 15) is 18.0 Å². The van der Waals surface area contributed by atoms with Crippen LogP contribution < -0.4 is 11.1 Å². The van der Waals surface area contributed by atoms with Crippen molar-refractivity contribution in [3.63, 3.8) is 0 Å². The molecule has 1 amide bonds. The average molecular weight is 354 g/mol. The molecule has 0 bridgehead atoms. The van der Waals surface area contributed by atoms with Crippen LogP contribution >= 0.6 is 0 Å². The molecule has 0 aromatic heterocycles. The number of hydrogen-bond donors (Lipinski definition) is 2. The lowest BCUT2D eigenvalue weighted by Gasteiger charge is -2.43. The minimum Gasteiger partial charge on any atom is -0.370 e. The van der Waals surface area contributed by atoms with E-state index in [0.29, 0.717) is 24.4 Å². The van der Waals surface area contributed by atoms with E-state index in [2.05, 4.69) is 5.32 Å². The number of alkyl halides is 3. The maximum atomic E-state index is 14.4. The maximum absolute atomic E-state index is 14.4. The van der Waals surface area contributed by atoms with E-state index in [-0.39, 0.29) is 25.2 Å². The second-order valence-electron chi connectivity index (χ2n) is 7.55. The summed E-state index contributed by atoms with van der Waals surface area (Å²) in [5, 5.41) is 3.25. The third-order valence-electron chi connectivity index (χ3n) is 6.21. The van der Waals surface area contributed by atoms with Gasteiger partial charge in [-0.1, -0.05) is 30.3 Å². The van der Waals surface area contributed by atoms with E-state index in [1.165, 1.54) is 0 Å². The van der Waals surface area contributed by atoms with Crippen LogP contribution in [0.2, 0.25) is 0 Å². The number of carbonyl (C=O) groups excluding carboxylic acids is 1. The maximum Gasteiger partial charge on any atom is 0.395 e. The second kappa shape index (κ2) is 6.98. The summed E-state index contributed by atoms with van der Waals surface area (Å²) in [7, 11) is 0. The number of rotatable bonds is 6. The molecule has 1 aromatic rings. The molecule has 3 N–H and O–H groups in total. The van der Waals surface area contributed by atoms with Crippen molar-refractivity contribution in [3.8, 4) is 0 Å². The van der Waals surface area contributed by atoms with Gasteiger partial charge in [0.25, 0.3) is 0 Å². The molecule has 25 heavy (non-hydrogen) atoms. The summed E-state index contributed by atoms with van der Waals surface area (Å²) < 4.78 is 43.3. The van der Waals surface area contributed by atoms with Crippen LogP contribution in [0.5, 0.6) is 0 Å². The molecule has 2 aliphatic rings. The Kier molecular flexibility index (Phi) is 5.09. The Hall–Kier alpha value is -1.56. The Bertz CT molecular complexity index is 604. The van der Waals surface area contributed by atoms with Crippen LogP contribution in [0.4, 0.5) is 13.2 Å². The molecule has 0 radical (unpaired) electrons. The number of hydrogen-bond acceptors (Lipinski definition) is 2. The molecule has 138 valence electrons. The van der Waals surface area contributed by atoms with E-state index in [1.807, 2.05) is 0 Å². The summed E-state index contributed by atoms with van der Waals surface area (Å²) in [4.78, 5) is 11.3. The molecule has 1 aliphatic carbocycles. The van der Waals surface area contributed by atoms with Gasteiger partial charge >= 0.3 is 6.18 Å². The molecule has 1 saturated carbocycles. The summed E-state index contributed by atoms with van der Waals surface area (Å²) in [5.41, 5.74) is 3.99. The highest BCUT2D eigenvalue weighted by atomic mass is 19.4. The molecule has 4 atom stereocenters. The van der Waals surface area contributed by atoms with Gasteiger partial charge in [0.2, 0.25) is 5.91 Å². The van der Waals surface area contributed by atoms with Crippen molar-refractivity contribution in [2.75, 3.05) is 13.1 Å². The van der Waals surface area contributed by atoms with Gasteiger partial charge in [-0.05, 0) is 62.1 Å². The fourth-order valence-corrected chi connectivity index (χ4v) is 5.00. The summed E-state index contributed by atoms with van der Waals surface area (Å²) in [5.74, 6) is -0.790. The molecule has 4 unspecified atom stereocenters. The van der Waals surface area contributed by atoms with E-state index >= 15 is 0 Å². The van der Waals surface area contributed by atoms with Gasteiger partial charge in [0, 0.05) is 6.42 Å². The number of amides is 1. The van der Waals surface area contributed by atoms with Crippen LogP contribution in [-0.4, -0.2) is 25.2 Å². The van der Waals surface area contributed by atoms with Crippen molar-refractivity contribution in [1.82, 2.24) is 5.32 Å². The fourth-order valence-electron chi connectivity index (χ4n) is 5.00. The zero-order valence-corrected chi connectivity index (χ0v) is 14.2. The Balaban J connectivity index is 1.99. The summed E-state index contributed by atoms with van der Waals surface area (Å²) in [6, 6.07) is 8.81. The van der Waals surface area contributed by atoms with E-state index in [1.54, 1.807) is 30.3 Å². The number of halogens is 3. The van der Waals surface area contributed by atoms with Gasteiger partial charge in [0.1, 0.15) is 0 Å². The van der Waals surface area contributed by atoms with E-state index < -0.39 is 23.4 Å². The zero-order valence-electron chi connectivity index (χ0n) is 14.2. The first-order valence-electron chi connectivity index (χ1n) is 8.93. The molecule has 6 heteroatoms. The number of benzene rings is 1. The van der Waals surface area contributed by atoms with Gasteiger partial charge in [-0.15, -0.1) is 0 Å². The number of nitrogens with two attached hydrogens (primary N) is 1. The highest BCUT2D eigenvalue weighted by molar-refractivity contribution is 5.73. The predicted molar refractivity (Wildman–Crippen MR) is 89.6 cm³/mol. The number of nitrogens with one attached hydrogen (secondary N) is 1. The van der Waals surface area contributed by atoms with Crippen LogP contribution in [0.25, 0.3) is 0 Å². The minimum atomic E-state index is -4.37. The lowest BCUT2D eigenvalue weighted by molar-refractivity contribution is -0.250. The molecular weight excluding hydrogens is 329 g/mol. The minimum absolute atomic E-state index is 0.0261. The molecule has 0 spiro atoms. The van der Waals surface area contributed by atoms with Gasteiger partial charge < -0.3 is 11.1 Å². The smallest absolute Gasteiger partial charge is 0.370 e. The first-order chi connectivity index (χ1) is 11.8. The van der Waals surface area contributed by atoms with Crippen molar-refractivity contribution >= 4 is 5.91 Å². The van der Waals surface area contributed by atoms with Gasteiger partial charge in [-0.3, -0.25) is 4.79 Å². The highest BCUT2D eigenvalue weighted by Crippen LogP contribution is 2.58. The molecule has 1 heterocycles. The number of primary amides is 1. The molecular formula is C19H25F3N2O. The standard InChI is InChI=1S/C19H25F3N2O/c20-19(21,22)18(9-8-17(23)25,10-13-4-2-1-3-5-13)16-7-6-14-11-24-12-15(14)16/h1-5,14-16,24H,6-12H2,(H2,23,25). The predicted octanol–water partition coefficient (Wildman–Crippen LogP) is 3.29. The van der Waals surface area contributed by atoms with Crippen LogP contribution in [0.15, 0.2) is 30.3 Å². The van der Waals surface area contributed by atoms with Crippen molar-refractivity contribution in [2.24, 2.45) is 28.9 Å². The second-order valence-corrected chi connectivity index (χ2v) is 7.55. The highest BCUT2D eigenvalue weighted by Gasteiger charge is 2.62. The number of fused-ring (bicyclic) bond motifs is 1. The first-order valence-corrected chi connectivity index (χ1v) is 8.93. The van der Waals surface area contributed by atoms with Crippen molar-refractivity contribution < 1.29 is 18.0 Å². The van der Waals surface area contributed by atoms with Crippen LogP contribution in [0.3, 0.4) is 0 Å². The van der Waals surface area contributed by atoms with E-state index in [0.717, 1.165) is 13.0 Å². The van der Waals surface area contributed by atoms with Crippen LogP contribution in [0.1, 0.15) is 31.2 Å². The van der Waals surface area contributed by atoms with Crippen molar-refractivity contribution in [2.45, 2.75) is 38.3 Å². The number of carbonyl (C=O) groups is 1. The first kappa shape index (κ1) is 18.2. The van der Waals surface area contributed by atoms with Gasteiger partial charge in [0.15, 0.2) is 0 Å². The van der Waals surface area contributed by atoms with Crippen molar-refractivity contribution in [3.05, 3.63) is 35.9 Å². The monoisotopic (exact) mass is 354 g/mol. The quantitative estimate of drug-likeness (QED) is 0.824. The topological polar surface area (TPSA) is 55.1 Å². The molecule has 2 fully saturated rings. The fraction of sp³-hybridized carbons (Fsp3) is 0.632. The Morgan fingerprint density at radius 2 is 1.88 bits per heavy atom. The lowest BCUT2D eigenvalue weighted by Crippen LogP contribution is -2.49. The Labute approximate surface area is 146 Å². The van der Waals surface area contributed by atoms with Gasteiger partial charge in [0.05, 0.1) is 5.41 Å². The van der Waals surface area contributed by atoms with E-state index in [4.69, 9.17) is 5.73 Å².